The predicted octanol–water partition coefficient (Wildman–Crippen LogP) is 2.84. The maximum atomic E-state index is 11.2. The van der Waals surface area contributed by atoms with Gasteiger partial charge in [0, 0.05) is 5.56 Å². The second kappa shape index (κ2) is 4.56. The molecule has 0 radical (unpaired) electrons. The molecule has 0 saturated carbocycles. The van der Waals surface area contributed by atoms with E-state index in [0.717, 1.165) is 0 Å². The lowest BCUT2D eigenvalue weighted by Gasteiger charge is -2.23. The summed E-state index contributed by atoms with van der Waals surface area (Å²) in [6, 6.07) is 7.28. The van der Waals surface area contributed by atoms with E-state index in [1.54, 1.807) is 26.0 Å². The summed E-state index contributed by atoms with van der Waals surface area (Å²) in [7, 11) is 0. The van der Waals surface area contributed by atoms with Gasteiger partial charge in [0.2, 0.25) is 0 Å². The van der Waals surface area contributed by atoms with Gasteiger partial charge in [0.15, 0.2) is 0 Å². The van der Waals surface area contributed by atoms with Crippen LogP contribution in [-0.2, 0) is 10.2 Å². The molecule has 0 aliphatic carbocycles. The van der Waals surface area contributed by atoms with Crippen LogP contribution in [0.25, 0.3) is 0 Å². The van der Waals surface area contributed by atoms with Crippen LogP contribution in [0, 0.1) is 0 Å². The Balaban J connectivity index is 3.17. The van der Waals surface area contributed by atoms with Gasteiger partial charge in [-0.15, -0.1) is 0 Å². The molecule has 3 heteroatoms. The Kier molecular flexibility index (Phi) is 3.58. The van der Waals surface area contributed by atoms with Crippen LogP contribution < -0.4 is 4.74 Å². The molecule has 0 amide bonds. The lowest BCUT2D eigenvalue weighted by atomic mass is 9.84. The topological polar surface area (TPSA) is 46.5 Å². The summed E-state index contributed by atoms with van der Waals surface area (Å²) in [6.45, 7) is 7.20. The van der Waals surface area contributed by atoms with Crippen LogP contribution in [0.5, 0.6) is 5.75 Å². The monoisotopic (exact) mass is 222 g/mol. The van der Waals surface area contributed by atoms with Crippen LogP contribution in [0.2, 0.25) is 0 Å². The molecule has 0 spiro atoms. The number of rotatable bonds is 4. The fourth-order valence-corrected chi connectivity index (χ4v) is 1.45. The van der Waals surface area contributed by atoms with Crippen molar-refractivity contribution in [1.82, 2.24) is 0 Å². The van der Waals surface area contributed by atoms with Crippen molar-refractivity contribution in [3.05, 3.63) is 29.8 Å². The Bertz CT molecular complexity index is 381. The molecule has 1 rings (SSSR count). The molecule has 88 valence electrons. The van der Waals surface area contributed by atoms with Crippen molar-refractivity contribution < 1.29 is 14.6 Å². The minimum Gasteiger partial charge on any atom is -0.491 e. The Morgan fingerprint density at radius 2 is 1.88 bits per heavy atom. The first-order chi connectivity index (χ1) is 7.35. The lowest BCUT2D eigenvalue weighted by Crippen LogP contribution is -2.29. The number of para-hydroxylation sites is 1. The zero-order chi connectivity index (χ0) is 12.3. The number of aliphatic carboxylic acids is 1. The first kappa shape index (κ1) is 12.6. The largest absolute Gasteiger partial charge is 0.491 e. The number of hydrogen-bond acceptors (Lipinski definition) is 2. The van der Waals surface area contributed by atoms with E-state index in [0.29, 0.717) is 11.3 Å². The van der Waals surface area contributed by atoms with Crippen molar-refractivity contribution in [2.45, 2.75) is 39.2 Å². The van der Waals surface area contributed by atoms with E-state index in [1.807, 2.05) is 26.0 Å². The van der Waals surface area contributed by atoms with Crippen molar-refractivity contribution in [2.24, 2.45) is 0 Å². The van der Waals surface area contributed by atoms with Crippen LogP contribution in [0.15, 0.2) is 24.3 Å². The Morgan fingerprint density at radius 1 is 1.31 bits per heavy atom. The Hall–Kier alpha value is -1.51. The summed E-state index contributed by atoms with van der Waals surface area (Å²) in [6.07, 6.45) is 0.0331. The van der Waals surface area contributed by atoms with Crippen LogP contribution in [0.3, 0.4) is 0 Å². The van der Waals surface area contributed by atoms with Gasteiger partial charge in [0.05, 0.1) is 11.5 Å². The van der Waals surface area contributed by atoms with Crippen LogP contribution in [-0.4, -0.2) is 17.2 Å². The molecule has 0 unspecified atom stereocenters. The van der Waals surface area contributed by atoms with Crippen molar-refractivity contribution in [1.29, 1.82) is 0 Å². The molecule has 0 saturated heterocycles. The average molecular weight is 222 g/mol. The molecule has 16 heavy (non-hydrogen) atoms. The number of carboxylic acid groups (broad SMARTS) is 1. The quantitative estimate of drug-likeness (QED) is 0.852. The van der Waals surface area contributed by atoms with Gasteiger partial charge in [-0.05, 0) is 33.8 Å². The lowest BCUT2D eigenvalue weighted by molar-refractivity contribution is -0.142. The summed E-state index contributed by atoms with van der Waals surface area (Å²) in [5.74, 6) is -0.211. The summed E-state index contributed by atoms with van der Waals surface area (Å²) in [5.41, 5.74) is -0.234. The Labute approximate surface area is 96.1 Å². The fourth-order valence-electron chi connectivity index (χ4n) is 1.45. The zero-order valence-electron chi connectivity index (χ0n) is 10.2. The van der Waals surface area contributed by atoms with Crippen LogP contribution >= 0.6 is 0 Å². The third kappa shape index (κ3) is 2.54. The van der Waals surface area contributed by atoms with E-state index in [2.05, 4.69) is 0 Å². The summed E-state index contributed by atoms with van der Waals surface area (Å²) < 4.78 is 5.62. The summed E-state index contributed by atoms with van der Waals surface area (Å²) >= 11 is 0. The smallest absolute Gasteiger partial charge is 0.313 e. The highest BCUT2D eigenvalue weighted by Crippen LogP contribution is 2.32. The van der Waals surface area contributed by atoms with Crippen molar-refractivity contribution in [2.75, 3.05) is 0 Å². The predicted molar refractivity (Wildman–Crippen MR) is 62.9 cm³/mol. The van der Waals surface area contributed by atoms with E-state index in [1.165, 1.54) is 0 Å². The molecule has 0 atom stereocenters. The molecular formula is C13H18O3. The van der Waals surface area contributed by atoms with Gasteiger partial charge in [-0.2, -0.15) is 0 Å². The van der Waals surface area contributed by atoms with E-state index in [-0.39, 0.29) is 6.10 Å². The fraction of sp³-hybridized carbons (Fsp3) is 0.462. The van der Waals surface area contributed by atoms with Gasteiger partial charge >= 0.3 is 5.97 Å². The highest BCUT2D eigenvalue weighted by atomic mass is 16.5. The van der Waals surface area contributed by atoms with Crippen molar-refractivity contribution in [3.8, 4) is 5.75 Å². The molecule has 0 bridgehead atoms. The minimum absolute atomic E-state index is 0.0331. The second-order valence-corrected chi connectivity index (χ2v) is 4.59. The highest BCUT2D eigenvalue weighted by molar-refractivity contribution is 5.81. The standard InChI is InChI=1S/C13H18O3/c1-9(2)16-11-8-6-5-7-10(11)13(3,4)12(14)15/h5-9H,1-4H3,(H,14,15). The summed E-state index contributed by atoms with van der Waals surface area (Å²) in [5, 5.41) is 9.20. The van der Waals surface area contributed by atoms with Crippen LogP contribution in [0.4, 0.5) is 0 Å². The van der Waals surface area contributed by atoms with E-state index in [4.69, 9.17) is 4.74 Å². The summed E-state index contributed by atoms with van der Waals surface area (Å²) in [4.78, 5) is 11.2. The number of ether oxygens (including phenoxy) is 1. The minimum atomic E-state index is -0.939. The maximum absolute atomic E-state index is 11.2. The first-order valence-electron chi connectivity index (χ1n) is 5.35. The molecular weight excluding hydrogens is 204 g/mol. The molecule has 1 N–H and O–H groups in total. The number of carbonyl (C=O) groups is 1. The van der Waals surface area contributed by atoms with Gasteiger partial charge in [-0.1, -0.05) is 18.2 Å². The third-order valence-electron chi connectivity index (χ3n) is 2.46. The van der Waals surface area contributed by atoms with E-state index < -0.39 is 11.4 Å². The second-order valence-electron chi connectivity index (χ2n) is 4.59. The molecule has 1 aromatic carbocycles. The number of benzene rings is 1. The van der Waals surface area contributed by atoms with Crippen molar-refractivity contribution >= 4 is 5.97 Å². The molecule has 0 fully saturated rings. The van der Waals surface area contributed by atoms with E-state index in [9.17, 15) is 9.90 Å². The third-order valence-corrected chi connectivity index (χ3v) is 2.46. The van der Waals surface area contributed by atoms with Crippen molar-refractivity contribution in [3.63, 3.8) is 0 Å². The van der Waals surface area contributed by atoms with Gasteiger partial charge in [0.1, 0.15) is 5.75 Å². The molecule has 0 aliphatic rings. The zero-order valence-corrected chi connectivity index (χ0v) is 10.2. The molecule has 0 aromatic heterocycles. The van der Waals surface area contributed by atoms with Gasteiger partial charge in [-0.3, -0.25) is 4.79 Å². The average Bonchev–Trinajstić information content (AvgIpc) is 2.17. The first-order valence-corrected chi connectivity index (χ1v) is 5.35. The van der Waals surface area contributed by atoms with E-state index >= 15 is 0 Å². The number of hydrogen-bond donors (Lipinski definition) is 1. The maximum Gasteiger partial charge on any atom is 0.313 e. The van der Waals surface area contributed by atoms with Crippen LogP contribution in [0.1, 0.15) is 33.3 Å². The Morgan fingerprint density at radius 3 is 2.38 bits per heavy atom. The molecule has 0 aliphatic heterocycles. The normalized spacial score (nSPS) is 11.6. The molecule has 3 nitrogen and oxygen atoms in total. The van der Waals surface area contributed by atoms with Gasteiger partial charge in [-0.25, -0.2) is 0 Å². The van der Waals surface area contributed by atoms with Gasteiger partial charge < -0.3 is 9.84 Å². The van der Waals surface area contributed by atoms with Gasteiger partial charge in [0.25, 0.3) is 0 Å². The highest BCUT2D eigenvalue weighted by Gasteiger charge is 2.32. The molecule has 0 heterocycles. The molecule has 1 aromatic rings. The number of carboxylic acids is 1. The SMILES string of the molecule is CC(C)Oc1ccccc1C(C)(C)C(=O)O.